The van der Waals surface area contributed by atoms with Gasteiger partial charge in [-0.1, -0.05) is 41.9 Å². The first-order valence-electron chi connectivity index (χ1n) is 11.1. The van der Waals surface area contributed by atoms with E-state index in [9.17, 15) is 24.6 Å². The number of aliphatic hydroxyl groups excluding tert-OH is 1. The lowest BCUT2D eigenvalue weighted by Gasteiger charge is -2.33. The van der Waals surface area contributed by atoms with Gasteiger partial charge in [-0.05, 0) is 52.3 Å². The van der Waals surface area contributed by atoms with Gasteiger partial charge in [0.15, 0.2) is 0 Å². The minimum absolute atomic E-state index is 0.0270. The summed E-state index contributed by atoms with van der Waals surface area (Å²) in [5, 5.41) is 25.8. The standard InChI is InChI=1S/C25H32ClN3O6/c1-6-29(23(33)18(14-30)27-24(34)35-25(3,4)5)21(16-11-7-8-13-19(16)31)22(32)28-20-15(2)10-9-12-17(20)26/h7-13,18,21,30-31H,6,14H2,1-5H3,(H,27,34)(H,28,32). The Morgan fingerprint density at radius 1 is 1.11 bits per heavy atom. The number of aromatic hydroxyl groups is 1. The van der Waals surface area contributed by atoms with Crippen LogP contribution in [0.25, 0.3) is 0 Å². The molecule has 0 bridgehead atoms. The van der Waals surface area contributed by atoms with E-state index >= 15 is 0 Å². The molecule has 2 rings (SSSR count). The smallest absolute Gasteiger partial charge is 0.408 e. The number of carbonyl (C=O) groups is 3. The number of nitrogens with zero attached hydrogens (tertiary/aromatic N) is 1. The first-order valence-corrected chi connectivity index (χ1v) is 11.5. The third-order valence-corrected chi connectivity index (χ3v) is 5.37. The molecule has 0 saturated heterocycles. The molecule has 10 heteroatoms. The van der Waals surface area contributed by atoms with Gasteiger partial charge in [-0.25, -0.2) is 4.79 Å². The van der Waals surface area contributed by atoms with Crippen molar-refractivity contribution in [3.8, 4) is 5.75 Å². The number of para-hydroxylation sites is 2. The molecule has 4 N–H and O–H groups in total. The number of benzene rings is 2. The Morgan fingerprint density at radius 2 is 1.77 bits per heavy atom. The number of halogens is 1. The van der Waals surface area contributed by atoms with Crippen molar-refractivity contribution in [2.45, 2.75) is 52.3 Å². The summed E-state index contributed by atoms with van der Waals surface area (Å²) < 4.78 is 5.18. The molecule has 3 amide bonds. The van der Waals surface area contributed by atoms with Crippen molar-refractivity contribution in [1.82, 2.24) is 10.2 Å². The molecule has 0 aliphatic carbocycles. The van der Waals surface area contributed by atoms with E-state index in [-0.39, 0.29) is 17.9 Å². The topological polar surface area (TPSA) is 128 Å². The highest BCUT2D eigenvalue weighted by atomic mass is 35.5. The second kappa shape index (κ2) is 11.9. The molecule has 0 fully saturated rings. The zero-order chi connectivity index (χ0) is 26.3. The molecule has 0 aliphatic heterocycles. The molecule has 2 atom stereocenters. The summed E-state index contributed by atoms with van der Waals surface area (Å²) in [5.74, 6) is -1.57. The maximum atomic E-state index is 13.5. The number of hydrogen-bond acceptors (Lipinski definition) is 6. The van der Waals surface area contributed by atoms with Gasteiger partial charge in [-0.15, -0.1) is 0 Å². The monoisotopic (exact) mass is 505 g/mol. The Labute approximate surface area is 210 Å². The van der Waals surface area contributed by atoms with Gasteiger partial charge >= 0.3 is 6.09 Å². The predicted octanol–water partition coefficient (Wildman–Crippen LogP) is 3.77. The Hall–Kier alpha value is -3.30. The van der Waals surface area contributed by atoms with E-state index in [4.69, 9.17) is 16.3 Å². The van der Waals surface area contributed by atoms with Crippen molar-refractivity contribution in [3.05, 3.63) is 58.6 Å². The molecular weight excluding hydrogens is 474 g/mol. The highest BCUT2D eigenvalue weighted by molar-refractivity contribution is 6.34. The summed E-state index contributed by atoms with van der Waals surface area (Å²) in [6.07, 6.45) is -0.892. The van der Waals surface area contributed by atoms with Gasteiger partial charge in [0, 0.05) is 12.1 Å². The van der Waals surface area contributed by atoms with Gasteiger partial charge in [0.25, 0.3) is 5.91 Å². The van der Waals surface area contributed by atoms with E-state index in [1.165, 1.54) is 12.1 Å². The van der Waals surface area contributed by atoms with Crippen molar-refractivity contribution in [1.29, 1.82) is 0 Å². The zero-order valence-electron chi connectivity index (χ0n) is 20.5. The highest BCUT2D eigenvalue weighted by Gasteiger charge is 2.36. The lowest BCUT2D eigenvalue weighted by Crippen LogP contribution is -2.53. The molecule has 0 heterocycles. The van der Waals surface area contributed by atoms with Crippen LogP contribution in [0.4, 0.5) is 10.5 Å². The maximum absolute atomic E-state index is 13.5. The molecule has 0 saturated carbocycles. The molecule has 2 aromatic rings. The van der Waals surface area contributed by atoms with Crippen molar-refractivity contribution >= 4 is 35.2 Å². The number of aliphatic hydroxyl groups is 1. The Balaban J connectivity index is 2.45. The second-order valence-electron chi connectivity index (χ2n) is 8.89. The zero-order valence-corrected chi connectivity index (χ0v) is 21.2. The fourth-order valence-electron chi connectivity index (χ4n) is 3.45. The van der Waals surface area contributed by atoms with Crippen LogP contribution < -0.4 is 10.6 Å². The van der Waals surface area contributed by atoms with Gasteiger partial charge in [0.1, 0.15) is 23.4 Å². The lowest BCUT2D eigenvalue weighted by atomic mass is 10.0. The van der Waals surface area contributed by atoms with Crippen LogP contribution in [0, 0.1) is 6.92 Å². The number of rotatable bonds is 8. The molecule has 0 aliphatic rings. The van der Waals surface area contributed by atoms with Crippen molar-refractivity contribution in [3.63, 3.8) is 0 Å². The molecule has 2 aromatic carbocycles. The molecule has 0 aromatic heterocycles. The largest absolute Gasteiger partial charge is 0.508 e. The van der Waals surface area contributed by atoms with Crippen molar-refractivity contribution < 1.29 is 29.3 Å². The molecule has 9 nitrogen and oxygen atoms in total. The quantitative estimate of drug-likeness (QED) is 0.432. The average Bonchev–Trinajstić information content (AvgIpc) is 2.77. The van der Waals surface area contributed by atoms with E-state index in [1.807, 2.05) is 0 Å². The number of hydrogen-bond donors (Lipinski definition) is 4. The third kappa shape index (κ3) is 7.34. The molecule has 35 heavy (non-hydrogen) atoms. The van der Waals surface area contributed by atoms with Gasteiger partial charge in [0.05, 0.1) is 17.3 Å². The van der Waals surface area contributed by atoms with Crippen LogP contribution in [0.1, 0.15) is 44.9 Å². The van der Waals surface area contributed by atoms with Crippen LogP contribution >= 0.6 is 11.6 Å². The summed E-state index contributed by atoms with van der Waals surface area (Å²) in [6.45, 7) is 7.70. The number of ether oxygens (including phenoxy) is 1. The predicted molar refractivity (Wildman–Crippen MR) is 133 cm³/mol. The highest BCUT2D eigenvalue weighted by Crippen LogP contribution is 2.32. The average molecular weight is 506 g/mol. The number of nitrogens with one attached hydrogen (secondary N) is 2. The van der Waals surface area contributed by atoms with E-state index in [0.29, 0.717) is 16.3 Å². The first kappa shape index (κ1) is 27.9. The number of phenolic OH excluding ortho intramolecular Hbond substituents is 1. The van der Waals surface area contributed by atoms with E-state index < -0.39 is 42.2 Å². The molecule has 0 radical (unpaired) electrons. The molecule has 2 unspecified atom stereocenters. The summed E-state index contributed by atoms with van der Waals surface area (Å²) in [5.41, 5.74) is 0.423. The maximum Gasteiger partial charge on any atom is 0.408 e. The molecular formula is C25H32ClN3O6. The Morgan fingerprint density at radius 3 is 2.31 bits per heavy atom. The van der Waals surface area contributed by atoms with Crippen LogP contribution in [0.15, 0.2) is 42.5 Å². The summed E-state index contributed by atoms with van der Waals surface area (Å²) in [4.78, 5) is 40.4. The Kier molecular flexibility index (Phi) is 9.50. The number of aryl methyl sites for hydroxylation is 1. The van der Waals surface area contributed by atoms with Crippen LogP contribution in [0.5, 0.6) is 5.75 Å². The minimum Gasteiger partial charge on any atom is -0.508 e. The van der Waals surface area contributed by atoms with Gasteiger partial charge < -0.3 is 30.5 Å². The fraction of sp³-hybridized carbons (Fsp3) is 0.400. The molecule has 0 spiro atoms. The van der Waals surface area contributed by atoms with Crippen molar-refractivity contribution in [2.75, 3.05) is 18.5 Å². The van der Waals surface area contributed by atoms with Gasteiger partial charge in [0.2, 0.25) is 5.91 Å². The summed E-state index contributed by atoms with van der Waals surface area (Å²) in [7, 11) is 0. The van der Waals surface area contributed by atoms with E-state index in [0.717, 1.165) is 4.90 Å². The van der Waals surface area contributed by atoms with Crippen molar-refractivity contribution in [2.24, 2.45) is 0 Å². The van der Waals surface area contributed by atoms with E-state index in [1.54, 1.807) is 65.0 Å². The van der Waals surface area contributed by atoms with Crippen LogP contribution in [-0.4, -0.2) is 57.8 Å². The lowest BCUT2D eigenvalue weighted by molar-refractivity contribution is -0.141. The van der Waals surface area contributed by atoms with Gasteiger partial charge in [-0.3, -0.25) is 9.59 Å². The Bertz CT molecular complexity index is 1050. The number of anilines is 1. The van der Waals surface area contributed by atoms with Gasteiger partial charge in [-0.2, -0.15) is 0 Å². The fourth-order valence-corrected chi connectivity index (χ4v) is 3.72. The second-order valence-corrected chi connectivity index (χ2v) is 9.30. The number of alkyl carbamates (subject to hydrolysis) is 1. The number of amides is 3. The van der Waals surface area contributed by atoms with Crippen LogP contribution in [0.2, 0.25) is 5.02 Å². The van der Waals surface area contributed by atoms with Crippen LogP contribution in [-0.2, 0) is 14.3 Å². The normalized spacial score (nSPS) is 12.9. The summed E-state index contributed by atoms with van der Waals surface area (Å²) in [6, 6.07) is 8.58. The minimum atomic E-state index is -1.38. The number of likely N-dealkylation sites (N-methyl/N-ethyl adjacent to an activating group) is 1. The number of phenols is 1. The SMILES string of the molecule is CCN(C(=O)C(CO)NC(=O)OC(C)(C)C)C(C(=O)Nc1c(C)cccc1Cl)c1ccccc1O. The van der Waals surface area contributed by atoms with Crippen LogP contribution in [0.3, 0.4) is 0 Å². The third-order valence-electron chi connectivity index (χ3n) is 5.06. The first-order chi connectivity index (χ1) is 16.4. The summed E-state index contributed by atoms with van der Waals surface area (Å²) >= 11 is 6.28. The molecule has 190 valence electrons. The van der Waals surface area contributed by atoms with E-state index in [2.05, 4.69) is 10.6 Å². The number of carbonyl (C=O) groups excluding carboxylic acids is 3.